The summed E-state index contributed by atoms with van der Waals surface area (Å²) < 4.78 is 0. The van der Waals surface area contributed by atoms with Crippen molar-refractivity contribution < 1.29 is 4.79 Å². The Hall–Kier alpha value is -0.830. The molecule has 12 heavy (non-hydrogen) atoms. The van der Waals surface area contributed by atoms with Gasteiger partial charge in [-0.05, 0) is 17.5 Å². The van der Waals surface area contributed by atoms with E-state index in [1.807, 2.05) is 6.07 Å². The minimum absolute atomic E-state index is 0.109. The molecule has 0 aliphatic heterocycles. The van der Waals surface area contributed by atoms with E-state index in [4.69, 9.17) is 5.73 Å². The molecule has 0 radical (unpaired) electrons. The molecule has 0 saturated carbocycles. The third kappa shape index (κ3) is 1.85. The van der Waals surface area contributed by atoms with Gasteiger partial charge in [-0.3, -0.25) is 4.79 Å². The lowest BCUT2D eigenvalue weighted by Gasteiger charge is -2.14. The minimum atomic E-state index is -0.337. The highest BCUT2D eigenvalue weighted by Crippen LogP contribution is 2.28. The zero-order valence-corrected chi connectivity index (χ0v) is 8.37. The summed E-state index contributed by atoms with van der Waals surface area (Å²) in [6.07, 6.45) is 0. The summed E-state index contributed by atoms with van der Waals surface area (Å²) in [5.41, 5.74) is 5.25. The van der Waals surface area contributed by atoms with Gasteiger partial charge in [0.1, 0.15) is 0 Å². The number of carbonyl (C=O) groups is 1. The zero-order chi connectivity index (χ0) is 9.35. The average molecular weight is 183 g/mol. The Morgan fingerprint density at radius 2 is 2.00 bits per heavy atom. The van der Waals surface area contributed by atoms with Crippen LogP contribution in [0.25, 0.3) is 0 Å². The SMILES string of the molecule is CC(C)(C)c1ccc(C(N)=O)s1. The number of carbonyl (C=O) groups excluding carboxylic acids is 1. The Morgan fingerprint density at radius 3 is 2.25 bits per heavy atom. The molecule has 0 saturated heterocycles. The number of primary amides is 1. The van der Waals surface area contributed by atoms with Crippen molar-refractivity contribution in [2.24, 2.45) is 5.73 Å². The van der Waals surface area contributed by atoms with Gasteiger partial charge in [0.05, 0.1) is 4.88 Å². The van der Waals surface area contributed by atoms with E-state index in [1.54, 1.807) is 6.07 Å². The molecule has 0 aliphatic rings. The van der Waals surface area contributed by atoms with Crippen molar-refractivity contribution in [2.45, 2.75) is 26.2 Å². The second-order valence-electron chi connectivity index (χ2n) is 3.78. The van der Waals surface area contributed by atoms with Crippen molar-refractivity contribution in [3.8, 4) is 0 Å². The molecular weight excluding hydrogens is 170 g/mol. The third-order valence-electron chi connectivity index (χ3n) is 1.59. The summed E-state index contributed by atoms with van der Waals surface area (Å²) in [4.78, 5) is 12.6. The molecule has 1 aromatic rings. The first-order valence-electron chi connectivity index (χ1n) is 3.81. The van der Waals surface area contributed by atoms with Crippen LogP contribution in [0.5, 0.6) is 0 Å². The Bertz CT molecular complexity index is 296. The van der Waals surface area contributed by atoms with Gasteiger partial charge in [-0.2, -0.15) is 0 Å². The lowest BCUT2D eigenvalue weighted by atomic mass is 9.95. The third-order valence-corrected chi connectivity index (χ3v) is 3.11. The lowest BCUT2D eigenvalue weighted by molar-refractivity contribution is 0.100. The first-order chi connectivity index (χ1) is 5.41. The van der Waals surface area contributed by atoms with Crippen molar-refractivity contribution in [3.05, 3.63) is 21.9 Å². The highest BCUT2D eigenvalue weighted by Gasteiger charge is 2.17. The summed E-state index contributed by atoms with van der Waals surface area (Å²) >= 11 is 1.47. The van der Waals surface area contributed by atoms with Crippen molar-refractivity contribution in [2.75, 3.05) is 0 Å². The Labute approximate surface area is 76.4 Å². The van der Waals surface area contributed by atoms with E-state index in [2.05, 4.69) is 20.8 Å². The van der Waals surface area contributed by atoms with Gasteiger partial charge in [0.2, 0.25) is 0 Å². The predicted octanol–water partition coefficient (Wildman–Crippen LogP) is 2.14. The van der Waals surface area contributed by atoms with Crippen molar-refractivity contribution >= 4 is 17.2 Å². The summed E-state index contributed by atoms with van der Waals surface area (Å²) in [5, 5.41) is 0. The molecule has 2 nitrogen and oxygen atoms in total. The van der Waals surface area contributed by atoms with E-state index in [0.29, 0.717) is 4.88 Å². The molecule has 0 bridgehead atoms. The molecule has 2 N–H and O–H groups in total. The van der Waals surface area contributed by atoms with Gasteiger partial charge in [0.15, 0.2) is 0 Å². The van der Waals surface area contributed by atoms with Crippen LogP contribution in [-0.4, -0.2) is 5.91 Å². The van der Waals surface area contributed by atoms with Gasteiger partial charge in [-0.15, -0.1) is 11.3 Å². The van der Waals surface area contributed by atoms with E-state index in [0.717, 1.165) is 0 Å². The van der Waals surface area contributed by atoms with Crippen LogP contribution in [0.1, 0.15) is 35.3 Å². The smallest absolute Gasteiger partial charge is 0.258 e. The molecule has 0 aromatic carbocycles. The summed E-state index contributed by atoms with van der Waals surface area (Å²) in [6.45, 7) is 6.34. The molecule has 66 valence electrons. The van der Waals surface area contributed by atoms with Gasteiger partial charge < -0.3 is 5.73 Å². The average Bonchev–Trinajstić information content (AvgIpc) is 2.30. The van der Waals surface area contributed by atoms with Crippen LogP contribution in [0.15, 0.2) is 12.1 Å². The highest BCUT2D eigenvalue weighted by atomic mass is 32.1. The standard InChI is InChI=1S/C9H13NOS/c1-9(2,3)7-5-4-6(12-7)8(10)11/h4-5H,1-3H3,(H2,10,11). The zero-order valence-electron chi connectivity index (χ0n) is 7.55. The predicted molar refractivity (Wildman–Crippen MR) is 51.5 cm³/mol. The molecule has 0 aliphatic carbocycles. The maximum absolute atomic E-state index is 10.8. The Kier molecular flexibility index (Phi) is 2.24. The first kappa shape index (κ1) is 9.26. The van der Waals surface area contributed by atoms with E-state index >= 15 is 0 Å². The van der Waals surface area contributed by atoms with Crippen LogP contribution in [0.4, 0.5) is 0 Å². The fourth-order valence-corrected chi connectivity index (χ4v) is 1.79. The largest absolute Gasteiger partial charge is 0.365 e. The van der Waals surface area contributed by atoms with Crippen LogP contribution in [0, 0.1) is 0 Å². The topological polar surface area (TPSA) is 43.1 Å². The molecule has 1 amide bonds. The van der Waals surface area contributed by atoms with Crippen LogP contribution in [-0.2, 0) is 5.41 Å². The summed E-state index contributed by atoms with van der Waals surface area (Å²) in [6, 6.07) is 3.75. The van der Waals surface area contributed by atoms with Gasteiger partial charge in [0.25, 0.3) is 5.91 Å². The number of nitrogens with two attached hydrogens (primary N) is 1. The highest BCUT2D eigenvalue weighted by molar-refractivity contribution is 7.14. The normalized spacial score (nSPS) is 11.6. The molecule has 1 rings (SSSR count). The number of hydrogen-bond acceptors (Lipinski definition) is 2. The maximum Gasteiger partial charge on any atom is 0.258 e. The molecule has 1 heterocycles. The van der Waals surface area contributed by atoms with Crippen LogP contribution in [0.3, 0.4) is 0 Å². The van der Waals surface area contributed by atoms with Crippen LogP contribution >= 0.6 is 11.3 Å². The monoisotopic (exact) mass is 183 g/mol. The fourth-order valence-electron chi connectivity index (χ4n) is 0.873. The van der Waals surface area contributed by atoms with Crippen LogP contribution in [0.2, 0.25) is 0 Å². The maximum atomic E-state index is 10.8. The van der Waals surface area contributed by atoms with E-state index < -0.39 is 0 Å². The molecule has 3 heteroatoms. The number of thiophene rings is 1. The first-order valence-corrected chi connectivity index (χ1v) is 4.63. The quantitative estimate of drug-likeness (QED) is 0.712. The lowest BCUT2D eigenvalue weighted by Crippen LogP contribution is -2.09. The van der Waals surface area contributed by atoms with Gasteiger partial charge in [-0.25, -0.2) is 0 Å². The van der Waals surface area contributed by atoms with Gasteiger partial charge in [-0.1, -0.05) is 20.8 Å². The van der Waals surface area contributed by atoms with Crippen LogP contribution < -0.4 is 5.73 Å². The molecule has 0 atom stereocenters. The number of amides is 1. The second kappa shape index (κ2) is 2.90. The summed E-state index contributed by atoms with van der Waals surface area (Å²) in [7, 11) is 0. The fraction of sp³-hybridized carbons (Fsp3) is 0.444. The van der Waals surface area contributed by atoms with E-state index in [9.17, 15) is 4.79 Å². The van der Waals surface area contributed by atoms with Gasteiger partial charge in [0, 0.05) is 4.88 Å². The molecule has 0 spiro atoms. The van der Waals surface area contributed by atoms with E-state index in [-0.39, 0.29) is 11.3 Å². The van der Waals surface area contributed by atoms with Crippen molar-refractivity contribution in [3.63, 3.8) is 0 Å². The second-order valence-corrected chi connectivity index (χ2v) is 4.86. The Morgan fingerprint density at radius 1 is 1.42 bits per heavy atom. The van der Waals surface area contributed by atoms with E-state index in [1.165, 1.54) is 16.2 Å². The molecule has 1 aromatic heterocycles. The number of hydrogen-bond donors (Lipinski definition) is 1. The summed E-state index contributed by atoms with van der Waals surface area (Å²) in [5.74, 6) is -0.337. The van der Waals surface area contributed by atoms with Crippen molar-refractivity contribution in [1.82, 2.24) is 0 Å². The molecule has 0 fully saturated rings. The molecular formula is C9H13NOS. The minimum Gasteiger partial charge on any atom is -0.365 e. The van der Waals surface area contributed by atoms with Gasteiger partial charge >= 0.3 is 0 Å². The number of rotatable bonds is 1. The molecule has 0 unspecified atom stereocenters. The Balaban J connectivity index is 3.00. The van der Waals surface area contributed by atoms with Crippen molar-refractivity contribution in [1.29, 1.82) is 0 Å².